The highest BCUT2D eigenvalue weighted by Gasteiger charge is 2.47. The number of rotatable bonds is 0. The van der Waals surface area contributed by atoms with Crippen LogP contribution in [-0.4, -0.2) is 10.7 Å². The van der Waals surface area contributed by atoms with E-state index in [0.717, 1.165) is 30.8 Å². The zero-order valence-corrected chi connectivity index (χ0v) is 5.56. The lowest BCUT2D eigenvalue weighted by Gasteiger charge is -2.50. The molecular weight excluding hydrogens is 112 g/mol. The standard InChI is InChI=1S/C8H12O/c1-6-2-3-7-4-8(6,9)5-7/h7,9H,1-5H2. The highest BCUT2D eigenvalue weighted by molar-refractivity contribution is 5.22. The van der Waals surface area contributed by atoms with E-state index in [2.05, 4.69) is 6.58 Å². The molecule has 0 aromatic heterocycles. The molecule has 0 amide bonds. The summed E-state index contributed by atoms with van der Waals surface area (Å²) in [5.74, 6) is 0.820. The van der Waals surface area contributed by atoms with Crippen LogP contribution in [0.1, 0.15) is 25.7 Å². The predicted octanol–water partition coefficient (Wildman–Crippen LogP) is 1.48. The average Bonchev–Trinajstić information content (AvgIpc) is 1.73. The van der Waals surface area contributed by atoms with Gasteiger partial charge in [0.05, 0.1) is 5.60 Å². The Bertz CT molecular complexity index is 154. The first-order chi connectivity index (χ1) is 4.21. The Balaban J connectivity index is 2.20. The van der Waals surface area contributed by atoms with Gasteiger partial charge >= 0.3 is 0 Å². The maximum absolute atomic E-state index is 9.61. The van der Waals surface area contributed by atoms with Gasteiger partial charge in [0.2, 0.25) is 0 Å². The first-order valence-corrected chi connectivity index (χ1v) is 3.61. The van der Waals surface area contributed by atoms with Crippen LogP contribution < -0.4 is 0 Å². The molecule has 0 atom stereocenters. The third-order valence-electron chi connectivity index (χ3n) is 2.77. The molecule has 9 heavy (non-hydrogen) atoms. The Hall–Kier alpha value is -0.300. The van der Waals surface area contributed by atoms with E-state index < -0.39 is 5.60 Å². The van der Waals surface area contributed by atoms with Crippen LogP contribution in [0.15, 0.2) is 12.2 Å². The van der Waals surface area contributed by atoms with Crippen molar-refractivity contribution in [1.29, 1.82) is 0 Å². The minimum Gasteiger partial charge on any atom is -0.386 e. The van der Waals surface area contributed by atoms with Crippen molar-refractivity contribution in [3.63, 3.8) is 0 Å². The molecule has 1 heteroatoms. The van der Waals surface area contributed by atoms with Crippen molar-refractivity contribution < 1.29 is 5.11 Å². The van der Waals surface area contributed by atoms with Crippen LogP contribution in [0.25, 0.3) is 0 Å². The third-order valence-corrected chi connectivity index (χ3v) is 2.77. The number of aliphatic hydroxyl groups is 1. The zero-order valence-electron chi connectivity index (χ0n) is 5.56. The molecule has 3 saturated carbocycles. The van der Waals surface area contributed by atoms with Crippen molar-refractivity contribution in [2.45, 2.75) is 31.3 Å². The minimum atomic E-state index is -0.414. The molecule has 3 aliphatic rings. The summed E-state index contributed by atoms with van der Waals surface area (Å²) in [6, 6.07) is 0. The molecule has 0 aliphatic heterocycles. The van der Waals surface area contributed by atoms with E-state index in [-0.39, 0.29) is 0 Å². The lowest BCUT2D eigenvalue weighted by Crippen LogP contribution is -2.48. The van der Waals surface area contributed by atoms with Gasteiger partial charge in [0.25, 0.3) is 0 Å². The van der Waals surface area contributed by atoms with Gasteiger partial charge in [0.1, 0.15) is 0 Å². The second-order valence-corrected chi connectivity index (χ2v) is 3.45. The summed E-state index contributed by atoms with van der Waals surface area (Å²) in [6.45, 7) is 3.85. The van der Waals surface area contributed by atoms with Crippen molar-refractivity contribution in [3.05, 3.63) is 12.2 Å². The van der Waals surface area contributed by atoms with Gasteiger partial charge in [-0.15, -0.1) is 0 Å². The second kappa shape index (κ2) is 1.40. The van der Waals surface area contributed by atoms with E-state index in [1.54, 1.807) is 0 Å². The van der Waals surface area contributed by atoms with E-state index in [1.807, 2.05) is 0 Å². The average molecular weight is 124 g/mol. The van der Waals surface area contributed by atoms with Crippen LogP contribution in [0, 0.1) is 5.92 Å². The summed E-state index contributed by atoms with van der Waals surface area (Å²) >= 11 is 0. The number of fused-ring (bicyclic) bond motifs is 2. The fraction of sp³-hybridized carbons (Fsp3) is 0.750. The van der Waals surface area contributed by atoms with Gasteiger partial charge in [-0.1, -0.05) is 6.58 Å². The fourth-order valence-corrected chi connectivity index (χ4v) is 2.00. The Kier molecular flexibility index (Phi) is 0.854. The SMILES string of the molecule is C=C1CCC2CC1(O)C2. The van der Waals surface area contributed by atoms with E-state index >= 15 is 0 Å². The van der Waals surface area contributed by atoms with Crippen LogP contribution in [0.4, 0.5) is 0 Å². The summed E-state index contributed by atoms with van der Waals surface area (Å²) in [4.78, 5) is 0. The smallest absolute Gasteiger partial charge is 0.0859 e. The molecule has 0 unspecified atom stereocenters. The molecule has 0 aromatic carbocycles. The fourth-order valence-electron chi connectivity index (χ4n) is 2.00. The van der Waals surface area contributed by atoms with Crippen molar-refractivity contribution in [3.8, 4) is 0 Å². The molecule has 0 aromatic rings. The zero-order chi connectivity index (χ0) is 6.48. The van der Waals surface area contributed by atoms with Crippen LogP contribution in [0.3, 0.4) is 0 Å². The third kappa shape index (κ3) is 0.584. The summed E-state index contributed by atoms with van der Waals surface area (Å²) in [5, 5.41) is 9.61. The molecule has 1 N–H and O–H groups in total. The summed E-state index contributed by atoms with van der Waals surface area (Å²) in [6.07, 6.45) is 4.31. The second-order valence-electron chi connectivity index (χ2n) is 3.45. The van der Waals surface area contributed by atoms with E-state index in [1.165, 1.54) is 6.42 Å². The normalized spacial score (nSPS) is 48.6. The quantitative estimate of drug-likeness (QED) is 0.485. The maximum Gasteiger partial charge on any atom is 0.0859 e. The monoisotopic (exact) mass is 124 g/mol. The van der Waals surface area contributed by atoms with Crippen molar-refractivity contribution in [2.24, 2.45) is 5.92 Å². The van der Waals surface area contributed by atoms with Crippen LogP contribution in [-0.2, 0) is 0 Å². The molecule has 2 bridgehead atoms. The van der Waals surface area contributed by atoms with E-state index in [9.17, 15) is 5.11 Å². The predicted molar refractivity (Wildman–Crippen MR) is 36.0 cm³/mol. The van der Waals surface area contributed by atoms with Gasteiger partial charge in [-0.25, -0.2) is 0 Å². The first-order valence-electron chi connectivity index (χ1n) is 3.61. The van der Waals surface area contributed by atoms with E-state index in [0.29, 0.717) is 0 Å². The first kappa shape index (κ1) is 5.48. The van der Waals surface area contributed by atoms with Crippen molar-refractivity contribution in [2.75, 3.05) is 0 Å². The van der Waals surface area contributed by atoms with Crippen LogP contribution in [0.5, 0.6) is 0 Å². The topological polar surface area (TPSA) is 20.2 Å². The van der Waals surface area contributed by atoms with Gasteiger partial charge in [0.15, 0.2) is 0 Å². The molecular formula is C8H12O. The Morgan fingerprint density at radius 3 is 2.56 bits per heavy atom. The van der Waals surface area contributed by atoms with E-state index in [4.69, 9.17) is 0 Å². The molecule has 1 nitrogen and oxygen atoms in total. The van der Waals surface area contributed by atoms with Gasteiger partial charge in [-0.05, 0) is 37.2 Å². The van der Waals surface area contributed by atoms with Crippen molar-refractivity contribution in [1.82, 2.24) is 0 Å². The Morgan fingerprint density at radius 2 is 2.22 bits per heavy atom. The summed E-state index contributed by atoms with van der Waals surface area (Å²) in [7, 11) is 0. The van der Waals surface area contributed by atoms with Crippen LogP contribution >= 0.6 is 0 Å². The molecule has 0 spiro atoms. The summed E-state index contributed by atoms with van der Waals surface area (Å²) in [5.41, 5.74) is 0.660. The highest BCUT2D eigenvalue weighted by atomic mass is 16.3. The van der Waals surface area contributed by atoms with Gasteiger partial charge in [0, 0.05) is 0 Å². The van der Waals surface area contributed by atoms with Crippen molar-refractivity contribution >= 4 is 0 Å². The maximum atomic E-state index is 9.61. The molecule has 3 rings (SSSR count). The lowest BCUT2D eigenvalue weighted by atomic mass is 9.60. The largest absolute Gasteiger partial charge is 0.386 e. The molecule has 3 fully saturated rings. The minimum absolute atomic E-state index is 0.414. The molecule has 3 aliphatic carbocycles. The van der Waals surface area contributed by atoms with Gasteiger partial charge in [-0.3, -0.25) is 0 Å². The highest BCUT2D eigenvalue weighted by Crippen LogP contribution is 2.50. The number of hydrogen-bond acceptors (Lipinski definition) is 1. The Morgan fingerprint density at radius 1 is 1.56 bits per heavy atom. The molecule has 0 radical (unpaired) electrons. The Labute approximate surface area is 55.4 Å². The molecule has 0 heterocycles. The molecule has 50 valence electrons. The molecule has 0 saturated heterocycles. The summed E-state index contributed by atoms with van der Waals surface area (Å²) < 4.78 is 0. The van der Waals surface area contributed by atoms with Crippen LogP contribution in [0.2, 0.25) is 0 Å². The van der Waals surface area contributed by atoms with Gasteiger partial charge in [-0.2, -0.15) is 0 Å². The lowest BCUT2D eigenvalue weighted by molar-refractivity contribution is -0.0653. The van der Waals surface area contributed by atoms with Gasteiger partial charge < -0.3 is 5.11 Å². The number of hydrogen-bond donors (Lipinski definition) is 1.